The first kappa shape index (κ1) is 9.78. The van der Waals surface area contributed by atoms with E-state index in [0.29, 0.717) is 12.0 Å². The number of fused-ring (bicyclic) bond motifs is 1. The lowest BCUT2D eigenvalue weighted by molar-refractivity contribution is 0.0737. The van der Waals surface area contributed by atoms with Crippen LogP contribution in [0.2, 0.25) is 0 Å². The third-order valence-corrected chi connectivity index (χ3v) is 3.63. The summed E-state index contributed by atoms with van der Waals surface area (Å²) >= 11 is 0. The largest absolute Gasteiger partial charge is 0.334 e. The second-order valence-corrected chi connectivity index (χ2v) is 4.51. The SMILES string of the molecule is O=C(c1ccncc1)N1CCC2CNCC21. The maximum atomic E-state index is 12.3. The Hall–Kier alpha value is -1.42. The third kappa shape index (κ3) is 1.50. The molecule has 0 aromatic carbocycles. The summed E-state index contributed by atoms with van der Waals surface area (Å²) in [4.78, 5) is 18.2. The normalized spacial score (nSPS) is 28.1. The molecule has 0 bridgehead atoms. The number of nitrogens with zero attached hydrogens (tertiary/aromatic N) is 2. The van der Waals surface area contributed by atoms with E-state index in [4.69, 9.17) is 0 Å². The third-order valence-electron chi connectivity index (χ3n) is 3.63. The lowest BCUT2D eigenvalue weighted by Gasteiger charge is -2.23. The van der Waals surface area contributed by atoms with Gasteiger partial charge in [-0.15, -0.1) is 0 Å². The summed E-state index contributed by atoms with van der Waals surface area (Å²) in [7, 11) is 0. The summed E-state index contributed by atoms with van der Waals surface area (Å²) in [5, 5.41) is 3.35. The Kier molecular flexibility index (Phi) is 2.36. The van der Waals surface area contributed by atoms with Gasteiger partial charge in [0.25, 0.3) is 5.91 Å². The van der Waals surface area contributed by atoms with Crippen molar-refractivity contribution in [3.8, 4) is 0 Å². The van der Waals surface area contributed by atoms with Crippen molar-refractivity contribution in [1.29, 1.82) is 0 Å². The van der Waals surface area contributed by atoms with Crippen LogP contribution in [0.15, 0.2) is 24.5 Å². The van der Waals surface area contributed by atoms with Crippen LogP contribution >= 0.6 is 0 Å². The monoisotopic (exact) mass is 217 g/mol. The number of hydrogen-bond donors (Lipinski definition) is 1. The summed E-state index contributed by atoms with van der Waals surface area (Å²) in [5.74, 6) is 0.810. The highest BCUT2D eigenvalue weighted by molar-refractivity contribution is 5.94. The van der Waals surface area contributed by atoms with Crippen LogP contribution in [0.25, 0.3) is 0 Å². The zero-order chi connectivity index (χ0) is 11.0. The molecule has 2 aliphatic heterocycles. The van der Waals surface area contributed by atoms with Crippen LogP contribution in [-0.4, -0.2) is 41.5 Å². The molecule has 2 unspecified atom stereocenters. The average Bonchev–Trinajstić information content (AvgIpc) is 2.91. The van der Waals surface area contributed by atoms with Gasteiger partial charge in [-0.1, -0.05) is 0 Å². The second-order valence-electron chi connectivity index (χ2n) is 4.51. The molecule has 0 spiro atoms. The van der Waals surface area contributed by atoms with Gasteiger partial charge in [0.2, 0.25) is 0 Å². The number of likely N-dealkylation sites (tertiary alicyclic amines) is 1. The highest BCUT2D eigenvalue weighted by Crippen LogP contribution is 2.28. The smallest absolute Gasteiger partial charge is 0.254 e. The second kappa shape index (κ2) is 3.87. The average molecular weight is 217 g/mol. The molecule has 84 valence electrons. The van der Waals surface area contributed by atoms with E-state index in [1.807, 2.05) is 4.90 Å². The maximum Gasteiger partial charge on any atom is 0.254 e. The van der Waals surface area contributed by atoms with Crippen molar-refractivity contribution in [2.24, 2.45) is 5.92 Å². The van der Waals surface area contributed by atoms with E-state index >= 15 is 0 Å². The van der Waals surface area contributed by atoms with Crippen LogP contribution in [0.3, 0.4) is 0 Å². The molecule has 1 N–H and O–H groups in total. The molecular weight excluding hydrogens is 202 g/mol. The summed E-state index contributed by atoms with van der Waals surface area (Å²) in [5.41, 5.74) is 0.752. The zero-order valence-electron chi connectivity index (χ0n) is 9.10. The van der Waals surface area contributed by atoms with Crippen molar-refractivity contribution in [1.82, 2.24) is 15.2 Å². The predicted octanol–water partition coefficient (Wildman–Crippen LogP) is 0.515. The van der Waals surface area contributed by atoms with E-state index < -0.39 is 0 Å². The minimum atomic E-state index is 0.151. The number of amides is 1. The van der Waals surface area contributed by atoms with E-state index in [1.165, 1.54) is 0 Å². The molecule has 2 atom stereocenters. The van der Waals surface area contributed by atoms with Crippen molar-refractivity contribution < 1.29 is 4.79 Å². The van der Waals surface area contributed by atoms with Crippen molar-refractivity contribution in [2.45, 2.75) is 12.5 Å². The molecule has 2 fully saturated rings. The van der Waals surface area contributed by atoms with E-state index in [1.54, 1.807) is 24.5 Å². The molecule has 16 heavy (non-hydrogen) atoms. The van der Waals surface area contributed by atoms with Gasteiger partial charge in [0, 0.05) is 43.6 Å². The van der Waals surface area contributed by atoms with Crippen molar-refractivity contribution >= 4 is 5.91 Å². The standard InChI is InChI=1S/C12H15N3O/c16-12(9-1-4-13-5-2-9)15-6-3-10-7-14-8-11(10)15/h1-2,4-5,10-11,14H,3,6-8H2. The molecule has 0 aliphatic carbocycles. The number of nitrogens with one attached hydrogen (secondary N) is 1. The Labute approximate surface area is 94.7 Å². The molecule has 2 saturated heterocycles. The molecule has 1 aromatic rings. The van der Waals surface area contributed by atoms with Gasteiger partial charge < -0.3 is 10.2 Å². The number of carbonyl (C=O) groups is 1. The molecule has 2 aliphatic rings. The Morgan fingerprint density at radius 2 is 2.19 bits per heavy atom. The van der Waals surface area contributed by atoms with Crippen molar-refractivity contribution in [3.63, 3.8) is 0 Å². The highest BCUT2D eigenvalue weighted by atomic mass is 16.2. The first-order valence-corrected chi connectivity index (χ1v) is 5.78. The maximum absolute atomic E-state index is 12.3. The van der Waals surface area contributed by atoms with Crippen LogP contribution in [0.1, 0.15) is 16.8 Å². The highest BCUT2D eigenvalue weighted by Gasteiger charge is 2.39. The summed E-state index contributed by atoms with van der Waals surface area (Å²) in [6.45, 7) is 2.91. The van der Waals surface area contributed by atoms with Gasteiger partial charge >= 0.3 is 0 Å². The fourth-order valence-electron chi connectivity index (χ4n) is 2.76. The van der Waals surface area contributed by atoms with E-state index in [0.717, 1.165) is 31.6 Å². The van der Waals surface area contributed by atoms with Gasteiger partial charge in [-0.3, -0.25) is 9.78 Å². The topological polar surface area (TPSA) is 45.2 Å². The predicted molar refractivity (Wildman–Crippen MR) is 60.0 cm³/mol. The van der Waals surface area contributed by atoms with Crippen LogP contribution in [0, 0.1) is 5.92 Å². The van der Waals surface area contributed by atoms with Gasteiger partial charge in [-0.25, -0.2) is 0 Å². The van der Waals surface area contributed by atoms with Gasteiger partial charge in [0.05, 0.1) is 0 Å². The molecule has 4 nitrogen and oxygen atoms in total. The van der Waals surface area contributed by atoms with E-state index in [2.05, 4.69) is 10.3 Å². The van der Waals surface area contributed by atoms with Crippen LogP contribution in [0.4, 0.5) is 0 Å². The van der Waals surface area contributed by atoms with E-state index in [9.17, 15) is 4.79 Å². The lowest BCUT2D eigenvalue weighted by atomic mass is 10.0. The van der Waals surface area contributed by atoms with Gasteiger partial charge in [-0.05, 0) is 24.5 Å². The molecule has 3 heterocycles. The fraction of sp³-hybridized carbons (Fsp3) is 0.500. The Bertz CT molecular complexity index is 393. The number of pyridine rings is 1. The minimum absolute atomic E-state index is 0.151. The Balaban J connectivity index is 1.81. The van der Waals surface area contributed by atoms with Crippen LogP contribution < -0.4 is 5.32 Å². The number of hydrogen-bond acceptors (Lipinski definition) is 3. The summed E-state index contributed by atoms with van der Waals surface area (Å²) in [6, 6.07) is 3.98. The number of carbonyl (C=O) groups excluding carboxylic acids is 1. The summed E-state index contributed by atoms with van der Waals surface area (Å²) < 4.78 is 0. The van der Waals surface area contributed by atoms with E-state index in [-0.39, 0.29) is 5.91 Å². The molecule has 4 heteroatoms. The first-order valence-electron chi connectivity index (χ1n) is 5.78. The summed E-state index contributed by atoms with van der Waals surface area (Å²) in [6.07, 6.45) is 4.48. The Morgan fingerprint density at radius 1 is 1.38 bits per heavy atom. The van der Waals surface area contributed by atoms with Gasteiger partial charge in [0.15, 0.2) is 0 Å². The molecule has 3 rings (SSSR count). The molecule has 1 aromatic heterocycles. The van der Waals surface area contributed by atoms with Crippen LogP contribution in [-0.2, 0) is 0 Å². The molecular formula is C12H15N3O. The van der Waals surface area contributed by atoms with Gasteiger partial charge in [-0.2, -0.15) is 0 Å². The minimum Gasteiger partial charge on any atom is -0.334 e. The van der Waals surface area contributed by atoms with Crippen molar-refractivity contribution in [3.05, 3.63) is 30.1 Å². The van der Waals surface area contributed by atoms with Crippen molar-refractivity contribution in [2.75, 3.05) is 19.6 Å². The number of aromatic nitrogens is 1. The first-order chi connectivity index (χ1) is 7.86. The number of rotatable bonds is 1. The quantitative estimate of drug-likeness (QED) is 0.745. The van der Waals surface area contributed by atoms with Crippen LogP contribution in [0.5, 0.6) is 0 Å². The molecule has 0 saturated carbocycles. The fourth-order valence-corrected chi connectivity index (χ4v) is 2.76. The zero-order valence-corrected chi connectivity index (χ0v) is 9.10. The molecule has 1 amide bonds. The Morgan fingerprint density at radius 3 is 3.00 bits per heavy atom. The molecule has 0 radical (unpaired) electrons. The lowest BCUT2D eigenvalue weighted by Crippen LogP contribution is -2.39. The van der Waals surface area contributed by atoms with Gasteiger partial charge in [0.1, 0.15) is 0 Å².